The van der Waals surface area contributed by atoms with E-state index in [1.165, 1.54) is 55.6 Å². The predicted molar refractivity (Wildman–Crippen MR) is 243 cm³/mol. The van der Waals surface area contributed by atoms with Crippen LogP contribution in [-0.2, 0) is 10.8 Å². The van der Waals surface area contributed by atoms with E-state index in [-0.39, 0.29) is 0 Å². The molecule has 3 nitrogen and oxygen atoms in total. The van der Waals surface area contributed by atoms with E-state index in [1.54, 1.807) is 0 Å². The highest BCUT2D eigenvalue weighted by Crippen LogP contribution is 2.64. The number of para-hydroxylation sites is 2. The van der Waals surface area contributed by atoms with Crippen molar-refractivity contribution in [3.05, 3.63) is 240 Å². The highest BCUT2D eigenvalue weighted by Gasteiger charge is 2.48. The molecular formula is C56H40N2O. The molecule has 1 aliphatic carbocycles. The first-order valence-electron chi connectivity index (χ1n) is 20.5. The van der Waals surface area contributed by atoms with Gasteiger partial charge in [0.05, 0.1) is 28.2 Å². The molecule has 0 saturated carbocycles. The summed E-state index contributed by atoms with van der Waals surface area (Å²) in [5.74, 6) is 1.72. The zero-order valence-electron chi connectivity index (χ0n) is 32.9. The van der Waals surface area contributed by atoms with E-state index in [4.69, 9.17) is 4.74 Å². The molecule has 0 bridgehead atoms. The molecule has 0 fully saturated rings. The Morgan fingerprint density at radius 3 is 1.81 bits per heavy atom. The molecule has 0 amide bonds. The van der Waals surface area contributed by atoms with Crippen molar-refractivity contribution in [2.45, 2.75) is 24.7 Å². The fourth-order valence-corrected chi connectivity index (χ4v) is 10.6. The highest BCUT2D eigenvalue weighted by atomic mass is 16.5. The monoisotopic (exact) mass is 756 g/mol. The second kappa shape index (κ2) is 12.6. The molecule has 9 aromatic rings. The lowest BCUT2D eigenvalue weighted by atomic mass is 9.67. The summed E-state index contributed by atoms with van der Waals surface area (Å²) in [7, 11) is 0. The third kappa shape index (κ3) is 4.64. The molecule has 3 heteroatoms. The van der Waals surface area contributed by atoms with Crippen molar-refractivity contribution in [1.82, 2.24) is 0 Å². The molecule has 0 atom stereocenters. The maximum absolute atomic E-state index is 6.95. The lowest BCUT2D eigenvalue weighted by Crippen LogP contribution is -2.34. The Bertz CT molecular complexity index is 3080. The average molecular weight is 757 g/mol. The van der Waals surface area contributed by atoms with Gasteiger partial charge < -0.3 is 14.5 Å². The van der Waals surface area contributed by atoms with Gasteiger partial charge in [0, 0.05) is 27.7 Å². The first kappa shape index (κ1) is 33.7. The molecule has 2 aliphatic heterocycles. The van der Waals surface area contributed by atoms with E-state index in [2.05, 4.69) is 230 Å². The standard InChI is InChI=1S/C56H40N2O/c1-55(2)46-28-16-17-29-48(46)58-53-42-25-13-12-18-37(42)30-34-50(53)59-51-35-33-49(52(55)54(51)58)57(40-23-10-5-11-24-40)41-31-32-44-43-26-14-15-27-45(43)56(47(44)36-41,38-19-6-3-7-20-38)39-21-8-4-9-22-39/h3-36H,1-2H3. The molecule has 0 aromatic heterocycles. The largest absolute Gasteiger partial charge is 0.453 e. The maximum atomic E-state index is 6.95. The summed E-state index contributed by atoms with van der Waals surface area (Å²) >= 11 is 0. The van der Waals surface area contributed by atoms with Crippen LogP contribution in [0, 0.1) is 0 Å². The smallest absolute Gasteiger partial charge is 0.152 e. The lowest BCUT2D eigenvalue weighted by Gasteiger charge is -2.47. The molecule has 59 heavy (non-hydrogen) atoms. The minimum absolute atomic E-state index is 0.392. The van der Waals surface area contributed by atoms with Crippen molar-refractivity contribution in [3.63, 3.8) is 0 Å². The molecule has 0 N–H and O–H groups in total. The van der Waals surface area contributed by atoms with E-state index >= 15 is 0 Å². The van der Waals surface area contributed by atoms with E-state index in [0.29, 0.717) is 0 Å². The predicted octanol–water partition coefficient (Wildman–Crippen LogP) is 14.9. The van der Waals surface area contributed by atoms with Crippen molar-refractivity contribution in [1.29, 1.82) is 0 Å². The van der Waals surface area contributed by atoms with Crippen LogP contribution in [0.5, 0.6) is 11.5 Å². The van der Waals surface area contributed by atoms with Gasteiger partial charge in [-0.15, -0.1) is 0 Å². The molecule has 12 rings (SSSR count). The summed E-state index contributed by atoms with van der Waals surface area (Å²) in [6.07, 6.45) is 0. The van der Waals surface area contributed by atoms with Gasteiger partial charge in [-0.05, 0) is 92.9 Å². The van der Waals surface area contributed by atoms with Gasteiger partial charge in [0.2, 0.25) is 0 Å². The fourth-order valence-electron chi connectivity index (χ4n) is 10.6. The van der Waals surface area contributed by atoms with E-state index in [0.717, 1.165) is 45.3 Å². The quantitative estimate of drug-likeness (QED) is 0.174. The van der Waals surface area contributed by atoms with E-state index in [9.17, 15) is 0 Å². The molecule has 0 saturated heterocycles. The Morgan fingerprint density at radius 1 is 0.458 bits per heavy atom. The molecule has 9 aromatic carbocycles. The van der Waals surface area contributed by atoms with Gasteiger partial charge in [-0.25, -0.2) is 0 Å². The molecule has 0 unspecified atom stereocenters. The number of hydrogen-bond donors (Lipinski definition) is 0. The second-order valence-corrected chi connectivity index (χ2v) is 16.4. The van der Waals surface area contributed by atoms with Crippen LogP contribution in [0.25, 0.3) is 21.9 Å². The van der Waals surface area contributed by atoms with Gasteiger partial charge in [0.25, 0.3) is 0 Å². The van der Waals surface area contributed by atoms with Gasteiger partial charge in [-0.2, -0.15) is 0 Å². The lowest BCUT2D eigenvalue weighted by molar-refractivity contribution is 0.472. The SMILES string of the molecule is CC1(C)c2ccccc2N2c3c(ccc(N(c4ccccc4)c4ccc5c(c4)C(c4ccccc4)(c4ccccc4)c4ccccc4-5)c31)Oc1ccc3ccccc3c12. The first-order valence-corrected chi connectivity index (χ1v) is 20.5. The first-order chi connectivity index (χ1) is 29.0. The average Bonchev–Trinajstić information content (AvgIpc) is 3.59. The molecule has 0 spiro atoms. The summed E-state index contributed by atoms with van der Waals surface area (Å²) in [6.45, 7) is 4.75. The van der Waals surface area contributed by atoms with Crippen molar-refractivity contribution < 1.29 is 4.74 Å². The normalized spacial score (nSPS) is 14.6. The molecule has 280 valence electrons. The Morgan fingerprint density at radius 2 is 1.05 bits per heavy atom. The fraction of sp³-hybridized carbons (Fsp3) is 0.0714. The number of fused-ring (bicyclic) bond motifs is 9. The highest BCUT2D eigenvalue weighted by molar-refractivity contribution is 6.07. The topological polar surface area (TPSA) is 15.7 Å². The molecule has 3 aliphatic rings. The van der Waals surface area contributed by atoms with Gasteiger partial charge in [-0.1, -0.05) is 172 Å². The Hall–Kier alpha value is -7.36. The minimum atomic E-state index is -0.523. The summed E-state index contributed by atoms with van der Waals surface area (Å²) < 4.78 is 6.95. The number of nitrogens with zero attached hydrogens (tertiary/aromatic N) is 2. The number of hydrogen-bond acceptors (Lipinski definition) is 3. The van der Waals surface area contributed by atoms with Crippen LogP contribution < -0.4 is 14.5 Å². The van der Waals surface area contributed by atoms with Crippen LogP contribution in [0.2, 0.25) is 0 Å². The number of anilines is 6. The zero-order valence-corrected chi connectivity index (χ0v) is 32.9. The number of benzene rings is 9. The maximum Gasteiger partial charge on any atom is 0.152 e. The van der Waals surface area contributed by atoms with Crippen LogP contribution in [0.4, 0.5) is 34.1 Å². The van der Waals surface area contributed by atoms with Crippen molar-refractivity contribution in [3.8, 4) is 22.6 Å². The zero-order chi connectivity index (χ0) is 39.3. The Kier molecular flexibility index (Phi) is 7.19. The molecule has 0 radical (unpaired) electrons. The summed E-state index contributed by atoms with van der Waals surface area (Å²) in [4.78, 5) is 4.96. The number of rotatable bonds is 5. The third-order valence-corrected chi connectivity index (χ3v) is 13.0. The second-order valence-electron chi connectivity index (χ2n) is 16.4. The van der Waals surface area contributed by atoms with E-state index < -0.39 is 10.8 Å². The van der Waals surface area contributed by atoms with Crippen LogP contribution in [-0.4, -0.2) is 0 Å². The summed E-state index contributed by atoms with van der Waals surface area (Å²) in [5, 5.41) is 2.35. The van der Waals surface area contributed by atoms with Gasteiger partial charge in [0.1, 0.15) is 0 Å². The molecule has 2 heterocycles. The van der Waals surface area contributed by atoms with Crippen molar-refractivity contribution in [2.24, 2.45) is 0 Å². The Balaban J connectivity index is 1.16. The van der Waals surface area contributed by atoms with Gasteiger partial charge in [0.15, 0.2) is 11.5 Å². The van der Waals surface area contributed by atoms with Crippen LogP contribution in [0.15, 0.2) is 206 Å². The van der Waals surface area contributed by atoms with E-state index in [1.807, 2.05) is 0 Å². The van der Waals surface area contributed by atoms with Crippen molar-refractivity contribution in [2.75, 3.05) is 9.80 Å². The summed E-state index contributed by atoms with van der Waals surface area (Å²) in [6, 6.07) is 75.4. The van der Waals surface area contributed by atoms with Crippen LogP contribution in [0.1, 0.15) is 47.2 Å². The third-order valence-electron chi connectivity index (χ3n) is 13.0. The van der Waals surface area contributed by atoms with Crippen LogP contribution in [0.3, 0.4) is 0 Å². The summed E-state index contributed by atoms with van der Waals surface area (Å²) in [5.41, 5.74) is 15.8. The van der Waals surface area contributed by atoms with Crippen LogP contribution >= 0.6 is 0 Å². The molecular weight excluding hydrogens is 717 g/mol. The van der Waals surface area contributed by atoms with Gasteiger partial charge >= 0.3 is 0 Å². The number of ether oxygens (including phenoxy) is 1. The van der Waals surface area contributed by atoms with Crippen molar-refractivity contribution >= 4 is 44.9 Å². The van der Waals surface area contributed by atoms with Gasteiger partial charge in [-0.3, -0.25) is 0 Å². The minimum Gasteiger partial charge on any atom is -0.453 e. The Labute approximate surface area is 345 Å².